The van der Waals surface area contributed by atoms with E-state index < -0.39 is 23.6 Å². The lowest BCUT2D eigenvalue weighted by Gasteiger charge is -2.13. The van der Waals surface area contributed by atoms with E-state index in [2.05, 4.69) is 10.3 Å². The van der Waals surface area contributed by atoms with E-state index >= 15 is 0 Å². The molecular formula is C14H12ClFN4O3. The Labute approximate surface area is 135 Å². The number of nitrogens with zero attached hydrogens (tertiary/aromatic N) is 4. The summed E-state index contributed by atoms with van der Waals surface area (Å²) >= 11 is 5.72. The van der Waals surface area contributed by atoms with Crippen LogP contribution in [0, 0.1) is 11.7 Å². The number of rotatable bonds is 3. The Hall–Kier alpha value is -2.48. The molecule has 0 radical (unpaired) electrons. The van der Waals surface area contributed by atoms with Crippen LogP contribution >= 0.6 is 11.6 Å². The number of amides is 1. The van der Waals surface area contributed by atoms with E-state index in [9.17, 15) is 14.0 Å². The van der Waals surface area contributed by atoms with E-state index in [-0.39, 0.29) is 22.9 Å². The average Bonchev–Trinajstić information content (AvgIpc) is 3.18. The van der Waals surface area contributed by atoms with Crippen molar-refractivity contribution in [1.29, 1.82) is 0 Å². The molecule has 1 aromatic heterocycles. The van der Waals surface area contributed by atoms with Crippen LogP contribution in [-0.4, -0.2) is 50.0 Å². The number of aromatic nitrogens is 3. The van der Waals surface area contributed by atoms with Gasteiger partial charge in [0.1, 0.15) is 5.69 Å². The summed E-state index contributed by atoms with van der Waals surface area (Å²) in [5, 5.41) is 16.4. The minimum absolute atomic E-state index is 0.0235. The molecule has 2 aromatic rings. The molecular weight excluding hydrogens is 327 g/mol. The number of benzene rings is 1. The average molecular weight is 339 g/mol. The summed E-state index contributed by atoms with van der Waals surface area (Å²) in [7, 11) is 0. The van der Waals surface area contributed by atoms with Gasteiger partial charge in [0, 0.05) is 13.1 Å². The zero-order valence-corrected chi connectivity index (χ0v) is 12.6. The van der Waals surface area contributed by atoms with E-state index in [0.717, 1.165) is 4.68 Å². The van der Waals surface area contributed by atoms with Crippen molar-refractivity contribution in [2.24, 2.45) is 5.92 Å². The Morgan fingerprint density at radius 3 is 2.87 bits per heavy atom. The van der Waals surface area contributed by atoms with Gasteiger partial charge in [-0.1, -0.05) is 22.9 Å². The topological polar surface area (TPSA) is 88.3 Å². The molecule has 1 fully saturated rings. The van der Waals surface area contributed by atoms with Crippen LogP contribution in [0.2, 0.25) is 5.02 Å². The molecule has 2 heterocycles. The van der Waals surface area contributed by atoms with E-state index in [1.165, 1.54) is 23.2 Å². The van der Waals surface area contributed by atoms with Crippen molar-refractivity contribution in [3.8, 4) is 5.69 Å². The molecule has 1 saturated heterocycles. The zero-order valence-electron chi connectivity index (χ0n) is 11.8. The second kappa shape index (κ2) is 5.96. The van der Waals surface area contributed by atoms with Gasteiger partial charge in [-0.3, -0.25) is 9.59 Å². The maximum Gasteiger partial charge on any atom is 0.308 e. The van der Waals surface area contributed by atoms with E-state index in [0.29, 0.717) is 13.0 Å². The summed E-state index contributed by atoms with van der Waals surface area (Å²) in [4.78, 5) is 24.7. The Bertz CT molecular complexity index is 779. The smallest absolute Gasteiger partial charge is 0.308 e. The van der Waals surface area contributed by atoms with Crippen molar-refractivity contribution in [2.45, 2.75) is 6.42 Å². The fraction of sp³-hybridized carbons (Fsp3) is 0.286. The first kappa shape index (κ1) is 15.4. The van der Waals surface area contributed by atoms with Gasteiger partial charge in [0.05, 0.1) is 17.1 Å². The van der Waals surface area contributed by atoms with E-state index in [1.54, 1.807) is 6.07 Å². The zero-order chi connectivity index (χ0) is 16.6. The minimum Gasteiger partial charge on any atom is -0.481 e. The number of hydrogen-bond acceptors (Lipinski definition) is 4. The predicted molar refractivity (Wildman–Crippen MR) is 78.0 cm³/mol. The van der Waals surface area contributed by atoms with E-state index in [4.69, 9.17) is 16.7 Å². The molecule has 0 aliphatic carbocycles. The molecule has 1 aromatic carbocycles. The van der Waals surface area contributed by atoms with Crippen LogP contribution in [-0.2, 0) is 4.79 Å². The Kier molecular flexibility index (Phi) is 3.99. The summed E-state index contributed by atoms with van der Waals surface area (Å²) in [6, 6.07) is 4.42. The highest BCUT2D eigenvalue weighted by Gasteiger charge is 2.32. The lowest BCUT2D eigenvalue weighted by molar-refractivity contribution is -0.141. The molecule has 9 heteroatoms. The van der Waals surface area contributed by atoms with Crippen molar-refractivity contribution < 1.29 is 19.1 Å². The summed E-state index contributed by atoms with van der Waals surface area (Å²) in [5.41, 5.74) is 0.101. The first-order valence-corrected chi connectivity index (χ1v) is 7.24. The SMILES string of the molecule is O=C(O)C1CCN(C(=O)c2cn(-c3cccc(Cl)c3F)nn2)C1. The molecule has 1 N–H and O–H groups in total. The molecule has 1 unspecified atom stereocenters. The van der Waals surface area contributed by atoms with E-state index in [1.807, 2.05) is 0 Å². The van der Waals surface area contributed by atoms with Gasteiger partial charge < -0.3 is 10.0 Å². The van der Waals surface area contributed by atoms with Gasteiger partial charge in [-0.25, -0.2) is 9.07 Å². The molecule has 1 aliphatic rings. The number of carboxylic acids is 1. The standard InChI is InChI=1S/C14H12ClFN4O3/c15-9-2-1-3-11(12(9)16)20-7-10(17-18-20)13(21)19-5-4-8(6-19)14(22)23/h1-3,7-8H,4-6H2,(H,22,23). The third-order valence-corrected chi connectivity index (χ3v) is 4.01. The number of carbonyl (C=O) groups excluding carboxylic acids is 1. The molecule has 0 spiro atoms. The molecule has 23 heavy (non-hydrogen) atoms. The molecule has 7 nitrogen and oxygen atoms in total. The molecule has 1 amide bonds. The first-order valence-electron chi connectivity index (χ1n) is 6.86. The van der Waals surface area contributed by atoms with Crippen LogP contribution in [0.5, 0.6) is 0 Å². The number of carboxylic acid groups (broad SMARTS) is 1. The van der Waals surface area contributed by atoms with Crippen molar-refractivity contribution in [3.63, 3.8) is 0 Å². The largest absolute Gasteiger partial charge is 0.481 e. The lowest BCUT2D eigenvalue weighted by atomic mass is 10.1. The van der Waals surface area contributed by atoms with Gasteiger partial charge in [0.15, 0.2) is 11.5 Å². The van der Waals surface area contributed by atoms with Crippen LogP contribution in [0.15, 0.2) is 24.4 Å². The third kappa shape index (κ3) is 2.89. The van der Waals surface area contributed by atoms with Crippen LogP contribution in [0.3, 0.4) is 0 Å². The number of hydrogen-bond donors (Lipinski definition) is 1. The van der Waals surface area contributed by atoms with Gasteiger partial charge in [-0.2, -0.15) is 0 Å². The second-order valence-corrected chi connectivity index (χ2v) is 5.60. The highest BCUT2D eigenvalue weighted by atomic mass is 35.5. The molecule has 0 bridgehead atoms. The summed E-state index contributed by atoms with van der Waals surface area (Å²) < 4.78 is 15.1. The van der Waals surface area contributed by atoms with Crippen molar-refractivity contribution >= 4 is 23.5 Å². The number of halogens is 2. The molecule has 3 rings (SSSR count). The number of aliphatic carboxylic acids is 1. The van der Waals surface area contributed by atoms with Crippen molar-refractivity contribution in [1.82, 2.24) is 19.9 Å². The number of carbonyl (C=O) groups is 2. The van der Waals surface area contributed by atoms with Crippen LogP contribution < -0.4 is 0 Å². The highest BCUT2D eigenvalue weighted by Crippen LogP contribution is 2.22. The monoisotopic (exact) mass is 338 g/mol. The summed E-state index contributed by atoms with van der Waals surface area (Å²) in [5.74, 6) is -2.59. The van der Waals surface area contributed by atoms with Crippen molar-refractivity contribution in [2.75, 3.05) is 13.1 Å². The normalized spacial score (nSPS) is 17.5. The van der Waals surface area contributed by atoms with Gasteiger partial charge in [-0.15, -0.1) is 5.10 Å². The molecule has 0 saturated carbocycles. The van der Waals surface area contributed by atoms with Gasteiger partial charge in [0.2, 0.25) is 0 Å². The molecule has 120 valence electrons. The maximum atomic E-state index is 14.0. The van der Waals surface area contributed by atoms with Gasteiger partial charge in [0.25, 0.3) is 5.91 Å². The molecule has 1 atom stereocenters. The van der Waals surface area contributed by atoms with Crippen molar-refractivity contribution in [3.05, 3.63) is 40.9 Å². The number of likely N-dealkylation sites (tertiary alicyclic amines) is 1. The third-order valence-electron chi connectivity index (χ3n) is 3.72. The summed E-state index contributed by atoms with van der Waals surface area (Å²) in [6.45, 7) is 0.473. The fourth-order valence-corrected chi connectivity index (χ4v) is 2.63. The summed E-state index contributed by atoms with van der Waals surface area (Å²) in [6.07, 6.45) is 1.70. The second-order valence-electron chi connectivity index (χ2n) is 5.20. The Morgan fingerprint density at radius 2 is 2.17 bits per heavy atom. The van der Waals surface area contributed by atoms with Gasteiger partial charge >= 0.3 is 5.97 Å². The Morgan fingerprint density at radius 1 is 1.39 bits per heavy atom. The Balaban J connectivity index is 1.81. The minimum atomic E-state index is -0.926. The quantitative estimate of drug-likeness (QED) is 0.918. The van der Waals surface area contributed by atoms with Crippen LogP contribution in [0.4, 0.5) is 4.39 Å². The first-order chi connectivity index (χ1) is 11.0. The van der Waals surface area contributed by atoms with Gasteiger partial charge in [-0.05, 0) is 18.6 Å². The van der Waals surface area contributed by atoms with Crippen LogP contribution in [0.25, 0.3) is 5.69 Å². The van der Waals surface area contributed by atoms with Crippen LogP contribution in [0.1, 0.15) is 16.9 Å². The highest BCUT2D eigenvalue weighted by molar-refractivity contribution is 6.30. The predicted octanol–water partition coefficient (Wildman–Crippen LogP) is 1.61. The molecule has 1 aliphatic heterocycles. The maximum absolute atomic E-state index is 14.0. The lowest BCUT2D eigenvalue weighted by Crippen LogP contribution is -2.30. The fourth-order valence-electron chi connectivity index (χ4n) is 2.46.